The first-order valence-electron chi connectivity index (χ1n) is 6.59. The molecule has 15 heavy (non-hydrogen) atoms. The van der Waals surface area contributed by atoms with Crippen LogP contribution in [0.2, 0.25) is 0 Å². The highest BCUT2D eigenvalue weighted by atomic mass is 14.9. The first kappa shape index (κ1) is 14.9. The van der Waals surface area contributed by atoms with Crippen molar-refractivity contribution in [3.8, 4) is 0 Å². The molecular formula is C13H30N2. The number of nitrogens with one attached hydrogen (secondary N) is 2. The Kier molecular flexibility index (Phi) is 10.4. The SMILES string of the molecule is CCCCC(CC)CNCC(C)CNC. The van der Waals surface area contributed by atoms with Gasteiger partial charge in [0.15, 0.2) is 0 Å². The highest BCUT2D eigenvalue weighted by Crippen LogP contribution is 2.11. The smallest absolute Gasteiger partial charge is 0.00109 e. The van der Waals surface area contributed by atoms with Crippen LogP contribution in [0.15, 0.2) is 0 Å². The minimum atomic E-state index is 0.735. The number of rotatable bonds is 10. The predicted octanol–water partition coefficient (Wildman–Crippen LogP) is 2.65. The van der Waals surface area contributed by atoms with Crippen LogP contribution < -0.4 is 10.6 Å². The maximum Gasteiger partial charge on any atom is -0.00109 e. The van der Waals surface area contributed by atoms with Crippen molar-refractivity contribution in [1.82, 2.24) is 10.6 Å². The van der Waals surface area contributed by atoms with Crippen LogP contribution >= 0.6 is 0 Å². The van der Waals surface area contributed by atoms with E-state index >= 15 is 0 Å². The van der Waals surface area contributed by atoms with Crippen molar-refractivity contribution in [2.24, 2.45) is 11.8 Å². The largest absolute Gasteiger partial charge is 0.319 e. The van der Waals surface area contributed by atoms with Crippen LogP contribution in [-0.4, -0.2) is 26.7 Å². The molecule has 0 saturated carbocycles. The van der Waals surface area contributed by atoms with Gasteiger partial charge in [0, 0.05) is 0 Å². The molecule has 0 bridgehead atoms. The van der Waals surface area contributed by atoms with Gasteiger partial charge in [0.25, 0.3) is 0 Å². The first-order chi connectivity index (χ1) is 7.24. The summed E-state index contributed by atoms with van der Waals surface area (Å²) in [5, 5.41) is 6.80. The molecule has 0 spiro atoms. The first-order valence-corrected chi connectivity index (χ1v) is 6.59. The van der Waals surface area contributed by atoms with Gasteiger partial charge in [0.2, 0.25) is 0 Å². The van der Waals surface area contributed by atoms with Gasteiger partial charge < -0.3 is 10.6 Å². The van der Waals surface area contributed by atoms with E-state index in [0.717, 1.165) is 24.9 Å². The van der Waals surface area contributed by atoms with Crippen LogP contribution in [0.1, 0.15) is 46.5 Å². The highest BCUT2D eigenvalue weighted by molar-refractivity contribution is 4.64. The zero-order valence-electron chi connectivity index (χ0n) is 11.1. The van der Waals surface area contributed by atoms with E-state index in [0.29, 0.717) is 0 Å². The molecule has 2 unspecified atom stereocenters. The van der Waals surface area contributed by atoms with Gasteiger partial charge >= 0.3 is 0 Å². The molecule has 0 fully saturated rings. The predicted molar refractivity (Wildman–Crippen MR) is 69.3 cm³/mol. The lowest BCUT2D eigenvalue weighted by molar-refractivity contribution is 0.396. The Morgan fingerprint density at radius 1 is 1.07 bits per heavy atom. The van der Waals surface area contributed by atoms with Gasteiger partial charge in [-0.25, -0.2) is 0 Å². The summed E-state index contributed by atoms with van der Waals surface area (Å²) in [5.74, 6) is 1.62. The Morgan fingerprint density at radius 3 is 2.33 bits per heavy atom. The zero-order chi connectivity index (χ0) is 11.5. The van der Waals surface area contributed by atoms with Crippen LogP contribution in [0.25, 0.3) is 0 Å². The van der Waals surface area contributed by atoms with E-state index in [-0.39, 0.29) is 0 Å². The third kappa shape index (κ3) is 8.88. The lowest BCUT2D eigenvalue weighted by Crippen LogP contribution is -2.31. The summed E-state index contributed by atoms with van der Waals surface area (Å²) in [6.45, 7) is 10.3. The van der Waals surface area contributed by atoms with Crippen molar-refractivity contribution < 1.29 is 0 Å². The summed E-state index contributed by atoms with van der Waals surface area (Å²) >= 11 is 0. The Balaban J connectivity index is 3.44. The molecular weight excluding hydrogens is 184 g/mol. The molecule has 0 saturated heterocycles. The van der Waals surface area contributed by atoms with Gasteiger partial charge in [-0.15, -0.1) is 0 Å². The Labute approximate surface area is 96.2 Å². The van der Waals surface area contributed by atoms with Crippen molar-refractivity contribution in [3.05, 3.63) is 0 Å². The van der Waals surface area contributed by atoms with Crippen molar-refractivity contribution in [3.63, 3.8) is 0 Å². The molecule has 0 aliphatic heterocycles. The second kappa shape index (κ2) is 10.4. The van der Waals surface area contributed by atoms with Crippen LogP contribution in [0, 0.1) is 11.8 Å². The summed E-state index contributed by atoms with van der Waals surface area (Å²) < 4.78 is 0. The minimum Gasteiger partial charge on any atom is -0.319 e. The quantitative estimate of drug-likeness (QED) is 0.584. The monoisotopic (exact) mass is 214 g/mol. The lowest BCUT2D eigenvalue weighted by atomic mass is 9.99. The van der Waals surface area contributed by atoms with Crippen molar-refractivity contribution >= 4 is 0 Å². The summed E-state index contributed by atoms with van der Waals surface area (Å²) in [7, 11) is 2.02. The van der Waals surface area contributed by atoms with Gasteiger partial charge in [-0.3, -0.25) is 0 Å². The van der Waals surface area contributed by atoms with Gasteiger partial charge in [-0.05, 0) is 44.9 Å². The molecule has 0 heterocycles. The number of hydrogen-bond acceptors (Lipinski definition) is 2. The molecule has 0 aromatic heterocycles. The topological polar surface area (TPSA) is 24.1 Å². The van der Waals surface area contributed by atoms with E-state index in [1.54, 1.807) is 0 Å². The third-order valence-corrected chi connectivity index (χ3v) is 3.02. The molecule has 0 amide bonds. The molecule has 0 aromatic carbocycles. The molecule has 0 aliphatic rings. The summed E-state index contributed by atoms with van der Waals surface area (Å²) in [4.78, 5) is 0. The second-order valence-corrected chi connectivity index (χ2v) is 4.74. The molecule has 2 N–H and O–H groups in total. The summed E-state index contributed by atoms with van der Waals surface area (Å²) in [5.41, 5.74) is 0. The average molecular weight is 214 g/mol. The number of unbranched alkanes of at least 4 members (excludes halogenated alkanes) is 1. The molecule has 2 nitrogen and oxygen atoms in total. The molecule has 0 rings (SSSR count). The fraction of sp³-hybridized carbons (Fsp3) is 1.00. The van der Waals surface area contributed by atoms with E-state index in [2.05, 4.69) is 31.4 Å². The molecule has 92 valence electrons. The van der Waals surface area contributed by atoms with Crippen LogP contribution in [0.4, 0.5) is 0 Å². The van der Waals surface area contributed by atoms with Crippen LogP contribution in [0.5, 0.6) is 0 Å². The van der Waals surface area contributed by atoms with Crippen molar-refractivity contribution in [2.45, 2.75) is 46.5 Å². The van der Waals surface area contributed by atoms with Gasteiger partial charge in [0.05, 0.1) is 0 Å². The average Bonchev–Trinajstić information content (AvgIpc) is 2.23. The number of hydrogen-bond donors (Lipinski definition) is 2. The maximum absolute atomic E-state index is 3.59. The Morgan fingerprint density at radius 2 is 1.80 bits per heavy atom. The van der Waals surface area contributed by atoms with E-state index < -0.39 is 0 Å². The van der Waals surface area contributed by atoms with E-state index in [1.807, 2.05) is 7.05 Å². The van der Waals surface area contributed by atoms with Crippen LogP contribution in [0.3, 0.4) is 0 Å². The molecule has 0 radical (unpaired) electrons. The van der Waals surface area contributed by atoms with Crippen molar-refractivity contribution in [1.29, 1.82) is 0 Å². The van der Waals surface area contributed by atoms with Crippen molar-refractivity contribution in [2.75, 3.05) is 26.7 Å². The highest BCUT2D eigenvalue weighted by Gasteiger charge is 2.06. The van der Waals surface area contributed by atoms with Gasteiger partial charge in [-0.2, -0.15) is 0 Å². The van der Waals surface area contributed by atoms with E-state index in [9.17, 15) is 0 Å². The Hall–Kier alpha value is -0.0800. The third-order valence-electron chi connectivity index (χ3n) is 3.02. The second-order valence-electron chi connectivity index (χ2n) is 4.74. The zero-order valence-corrected chi connectivity index (χ0v) is 11.1. The van der Waals surface area contributed by atoms with Gasteiger partial charge in [0.1, 0.15) is 0 Å². The fourth-order valence-electron chi connectivity index (χ4n) is 1.90. The molecule has 0 aromatic rings. The van der Waals surface area contributed by atoms with E-state index in [4.69, 9.17) is 0 Å². The summed E-state index contributed by atoms with van der Waals surface area (Å²) in [6, 6.07) is 0. The molecule has 0 aliphatic carbocycles. The Bertz CT molecular complexity index is 126. The fourth-order valence-corrected chi connectivity index (χ4v) is 1.90. The van der Waals surface area contributed by atoms with Crippen LogP contribution in [-0.2, 0) is 0 Å². The van der Waals surface area contributed by atoms with E-state index in [1.165, 1.54) is 32.2 Å². The normalized spacial score (nSPS) is 15.2. The van der Waals surface area contributed by atoms with Gasteiger partial charge in [-0.1, -0.05) is 40.0 Å². The molecule has 2 heteroatoms. The minimum absolute atomic E-state index is 0.735. The lowest BCUT2D eigenvalue weighted by Gasteiger charge is -2.17. The standard InChI is InChI=1S/C13H30N2/c1-5-7-8-13(6-2)11-15-10-12(3)9-14-4/h12-15H,5-11H2,1-4H3. The summed E-state index contributed by atoms with van der Waals surface area (Å²) in [6.07, 6.45) is 5.41. The maximum atomic E-state index is 3.59. The molecule has 2 atom stereocenters.